The number of hydrogen-bond acceptors (Lipinski definition) is 4. The van der Waals surface area contributed by atoms with Gasteiger partial charge in [-0.3, -0.25) is 13.9 Å². The molecule has 0 heterocycles. The Kier molecular flexibility index (Phi) is 10.4. The molecule has 0 aliphatic rings. The molecule has 0 saturated carbocycles. The first kappa shape index (κ1) is 30.4. The van der Waals surface area contributed by atoms with Gasteiger partial charge in [-0.15, -0.1) is 0 Å². The summed E-state index contributed by atoms with van der Waals surface area (Å²) >= 11 is 12.7. The lowest BCUT2D eigenvalue weighted by Crippen LogP contribution is -2.51. The van der Waals surface area contributed by atoms with Crippen LogP contribution in [0, 0.1) is 11.7 Å². The van der Waals surface area contributed by atoms with Crippen molar-refractivity contribution in [1.29, 1.82) is 0 Å². The first-order valence-electron chi connectivity index (χ1n) is 12.3. The average Bonchev–Trinajstić information content (AvgIpc) is 2.90. The number of carbonyl (C=O) groups excluding carboxylic acids is 2. The highest BCUT2D eigenvalue weighted by atomic mass is 35.5. The molecular formula is C28H30Cl2FN3O4S. The number of benzene rings is 3. The largest absolute Gasteiger partial charge is 0.354 e. The number of amides is 2. The molecule has 208 valence electrons. The van der Waals surface area contributed by atoms with Crippen molar-refractivity contribution in [3.8, 4) is 0 Å². The number of rotatable bonds is 11. The van der Waals surface area contributed by atoms with Crippen LogP contribution in [0.2, 0.25) is 10.0 Å². The van der Waals surface area contributed by atoms with Crippen LogP contribution in [0.15, 0.2) is 77.7 Å². The van der Waals surface area contributed by atoms with Crippen molar-refractivity contribution in [2.45, 2.75) is 38.3 Å². The highest BCUT2D eigenvalue weighted by Crippen LogP contribution is 2.29. The van der Waals surface area contributed by atoms with Gasteiger partial charge >= 0.3 is 0 Å². The van der Waals surface area contributed by atoms with Gasteiger partial charge < -0.3 is 10.2 Å². The van der Waals surface area contributed by atoms with E-state index >= 15 is 0 Å². The Bertz CT molecular complexity index is 1400. The van der Waals surface area contributed by atoms with Gasteiger partial charge in [-0.05, 0) is 49.2 Å². The quantitative estimate of drug-likeness (QED) is 0.317. The predicted molar refractivity (Wildman–Crippen MR) is 152 cm³/mol. The first-order valence-corrected chi connectivity index (χ1v) is 14.5. The van der Waals surface area contributed by atoms with E-state index in [9.17, 15) is 22.4 Å². The van der Waals surface area contributed by atoms with E-state index in [4.69, 9.17) is 23.2 Å². The second kappa shape index (κ2) is 13.3. The molecule has 0 saturated heterocycles. The lowest BCUT2D eigenvalue weighted by molar-refractivity contribution is -0.139. The molecule has 3 rings (SSSR count). The van der Waals surface area contributed by atoms with E-state index in [0.29, 0.717) is 16.4 Å². The predicted octanol–water partition coefficient (Wildman–Crippen LogP) is 5.52. The molecule has 1 atom stereocenters. The Morgan fingerprint density at radius 1 is 0.897 bits per heavy atom. The van der Waals surface area contributed by atoms with Gasteiger partial charge in [0.15, 0.2) is 0 Å². The molecule has 1 N–H and O–H groups in total. The number of nitrogens with zero attached hydrogens (tertiary/aromatic N) is 2. The van der Waals surface area contributed by atoms with E-state index in [1.807, 2.05) is 13.8 Å². The molecule has 0 bridgehead atoms. The third kappa shape index (κ3) is 7.50. The summed E-state index contributed by atoms with van der Waals surface area (Å²) in [6, 6.07) is 16.5. The minimum Gasteiger partial charge on any atom is -0.354 e. The molecule has 7 nitrogen and oxygen atoms in total. The van der Waals surface area contributed by atoms with Crippen LogP contribution >= 0.6 is 23.2 Å². The second-order valence-corrected chi connectivity index (χ2v) is 12.0. The van der Waals surface area contributed by atoms with Gasteiger partial charge in [-0.1, -0.05) is 73.4 Å². The molecule has 0 radical (unpaired) electrons. The third-order valence-corrected chi connectivity index (χ3v) is 8.46. The molecule has 0 aromatic heterocycles. The fourth-order valence-electron chi connectivity index (χ4n) is 3.78. The van der Waals surface area contributed by atoms with Gasteiger partial charge in [-0.25, -0.2) is 12.8 Å². The summed E-state index contributed by atoms with van der Waals surface area (Å²) in [5.74, 6) is -1.85. The zero-order valence-corrected chi connectivity index (χ0v) is 24.1. The highest BCUT2D eigenvalue weighted by Gasteiger charge is 2.34. The van der Waals surface area contributed by atoms with Crippen LogP contribution in [-0.4, -0.2) is 44.3 Å². The van der Waals surface area contributed by atoms with Crippen molar-refractivity contribution in [2.75, 3.05) is 17.4 Å². The monoisotopic (exact) mass is 593 g/mol. The Labute approximate surface area is 238 Å². The number of carbonyl (C=O) groups is 2. The Balaban J connectivity index is 2.05. The number of halogens is 3. The van der Waals surface area contributed by atoms with Crippen molar-refractivity contribution >= 4 is 50.7 Å². The van der Waals surface area contributed by atoms with Crippen LogP contribution in [-0.2, 0) is 26.2 Å². The molecule has 2 amide bonds. The van der Waals surface area contributed by atoms with E-state index < -0.39 is 40.2 Å². The molecule has 3 aromatic carbocycles. The van der Waals surface area contributed by atoms with Crippen molar-refractivity contribution < 1.29 is 22.4 Å². The maximum absolute atomic E-state index is 14.9. The van der Waals surface area contributed by atoms with Crippen molar-refractivity contribution in [3.05, 3.63) is 94.2 Å². The molecule has 0 spiro atoms. The SMILES string of the molecule is CC(C)CNC(=O)[C@H](C)N(Cc1c(Cl)cccc1Cl)C(=O)CN(c1ccccc1F)S(=O)(=O)c1ccccc1. The van der Waals surface area contributed by atoms with Crippen molar-refractivity contribution in [2.24, 2.45) is 5.92 Å². The maximum Gasteiger partial charge on any atom is 0.264 e. The molecule has 11 heteroatoms. The van der Waals surface area contributed by atoms with Gasteiger partial charge in [-0.2, -0.15) is 0 Å². The van der Waals surface area contributed by atoms with E-state index in [-0.39, 0.29) is 33.1 Å². The van der Waals surface area contributed by atoms with Gasteiger partial charge in [0.05, 0.1) is 10.6 Å². The Morgan fingerprint density at radius 3 is 2.08 bits per heavy atom. The van der Waals surface area contributed by atoms with E-state index in [1.165, 1.54) is 54.3 Å². The minimum atomic E-state index is -4.37. The third-order valence-electron chi connectivity index (χ3n) is 5.97. The standard InChI is InChI=1S/C28H30Cl2FN3O4S/c1-19(2)16-32-28(36)20(3)33(17-22-23(29)12-9-13-24(22)30)27(35)18-34(26-15-8-7-14-25(26)31)39(37,38)21-10-5-4-6-11-21/h4-15,19-20H,16-18H2,1-3H3,(H,32,36)/t20-/m0/s1. The molecule has 0 unspecified atom stereocenters. The maximum atomic E-state index is 14.9. The number of para-hydroxylation sites is 1. The smallest absolute Gasteiger partial charge is 0.264 e. The average molecular weight is 595 g/mol. The second-order valence-electron chi connectivity index (χ2n) is 9.31. The molecule has 0 fully saturated rings. The normalized spacial score (nSPS) is 12.2. The molecule has 39 heavy (non-hydrogen) atoms. The summed E-state index contributed by atoms with van der Waals surface area (Å²) in [5.41, 5.74) is 0.0865. The molecule has 3 aromatic rings. The van der Waals surface area contributed by atoms with E-state index in [0.717, 1.165) is 6.07 Å². The van der Waals surface area contributed by atoms with Gasteiger partial charge in [0.2, 0.25) is 11.8 Å². The fourth-order valence-corrected chi connectivity index (χ4v) is 5.74. The van der Waals surface area contributed by atoms with Crippen molar-refractivity contribution in [1.82, 2.24) is 10.2 Å². The minimum absolute atomic E-state index is 0.121. The topological polar surface area (TPSA) is 86.8 Å². The fraction of sp³-hybridized carbons (Fsp3) is 0.286. The summed E-state index contributed by atoms with van der Waals surface area (Å²) in [6.07, 6.45) is 0. The van der Waals surface area contributed by atoms with Crippen LogP contribution in [0.4, 0.5) is 10.1 Å². The summed E-state index contributed by atoms with van der Waals surface area (Å²) in [4.78, 5) is 27.9. The molecule has 0 aliphatic carbocycles. The van der Waals surface area contributed by atoms with E-state index in [1.54, 1.807) is 24.3 Å². The zero-order chi connectivity index (χ0) is 28.7. The van der Waals surface area contributed by atoms with Crippen LogP contribution in [0.5, 0.6) is 0 Å². The van der Waals surface area contributed by atoms with Gasteiger partial charge in [0, 0.05) is 28.7 Å². The van der Waals surface area contributed by atoms with Crippen LogP contribution in [0.1, 0.15) is 26.3 Å². The van der Waals surface area contributed by atoms with Gasteiger partial charge in [0.1, 0.15) is 18.4 Å². The van der Waals surface area contributed by atoms with Crippen LogP contribution < -0.4 is 9.62 Å². The number of anilines is 1. The highest BCUT2D eigenvalue weighted by molar-refractivity contribution is 7.92. The van der Waals surface area contributed by atoms with Gasteiger partial charge in [0.25, 0.3) is 10.0 Å². The molecular weight excluding hydrogens is 564 g/mol. The van der Waals surface area contributed by atoms with Crippen LogP contribution in [0.3, 0.4) is 0 Å². The lowest BCUT2D eigenvalue weighted by atomic mass is 10.1. The summed E-state index contributed by atoms with van der Waals surface area (Å²) < 4.78 is 42.9. The Hall–Kier alpha value is -3.14. The number of hydrogen-bond donors (Lipinski definition) is 1. The lowest BCUT2D eigenvalue weighted by Gasteiger charge is -2.32. The number of nitrogens with one attached hydrogen (secondary N) is 1. The summed E-state index contributed by atoms with van der Waals surface area (Å²) in [6.45, 7) is 4.81. The zero-order valence-electron chi connectivity index (χ0n) is 21.8. The number of sulfonamides is 1. The summed E-state index contributed by atoms with van der Waals surface area (Å²) in [5, 5.41) is 3.34. The van der Waals surface area contributed by atoms with Crippen molar-refractivity contribution in [3.63, 3.8) is 0 Å². The Morgan fingerprint density at radius 2 is 1.49 bits per heavy atom. The summed E-state index contributed by atoms with van der Waals surface area (Å²) in [7, 11) is -4.37. The first-order chi connectivity index (χ1) is 18.4. The van der Waals surface area contributed by atoms with Crippen LogP contribution in [0.25, 0.3) is 0 Å². The van der Waals surface area contributed by atoms with E-state index in [2.05, 4.69) is 5.32 Å². The molecule has 0 aliphatic heterocycles.